The fourth-order valence-electron chi connectivity index (χ4n) is 1.08. The first-order valence-electron chi connectivity index (χ1n) is 4.19. The van der Waals surface area contributed by atoms with Gasteiger partial charge in [-0.25, -0.2) is 0 Å². The Kier molecular flexibility index (Phi) is 3.41. The molecule has 0 saturated heterocycles. The average molecular weight is 197 g/mol. The van der Waals surface area contributed by atoms with Gasteiger partial charge in [0.2, 0.25) is 0 Å². The summed E-state index contributed by atoms with van der Waals surface area (Å²) >= 11 is 0. The summed E-state index contributed by atoms with van der Waals surface area (Å²) in [5.41, 5.74) is 0.355. The molecule has 0 amide bonds. The number of rotatable bonds is 4. The Hall–Kier alpha value is -1.62. The smallest absolute Gasteiger partial charge is 0.275 e. The summed E-state index contributed by atoms with van der Waals surface area (Å²) in [6.07, 6.45) is 0. The molecule has 0 saturated carbocycles. The second-order valence-electron chi connectivity index (χ2n) is 2.71. The average Bonchev–Trinajstić information content (AvgIpc) is 2.14. The predicted molar refractivity (Wildman–Crippen MR) is 50.1 cm³/mol. The lowest BCUT2D eigenvalue weighted by Crippen LogP contribution is -1.98. The van der Waals surface area contributed by atoms with E-state index in [0.717, 1.165) is 0 Å². The summed E-state index contributed by atoms with van der Waals surface area (Å²) in [5, 5.41) is 19.7. The van der Waals surface area contributed by atoms with Gasteiger partial charge in [0.05, 0.1) is 17.1 Å². The van der Waals surface area contributed by atoms with Crippen LogP contribution in [0.5, 0.6) is 5.75 Å². The first-order chi connectivity index (χ1) is 6.65. The molecule has 1 N–H and O–H groups in total. The number of benzene rings is 1. The molecule has 5 heteroatoms. The molecular weight excluding hydrogens is 186 g/mol. The van der Waals surface area contributed by atoms with Crippen LogP contribution in [0.2, 0.25) is 0 Å². The number of hydrogen-bond donors (Lipinski definition) is 1. The van der Waals surface area contributed by atoms with Crippen molar-refractivity contribution in [1.29, 1.82) is 0 Å². The topological polar surface area (TPSA) is 72.6 Å². The van der Waals surface area contributed by atoms with E-state index >= 15 is 0 Å². The minimum absolute atomic E-state index is 0.00491. The van der Waals surface area contributed by atoms with E-state index in [0.29, 0.717) is 12.2 Å². The quantitative estimate of drug-likeness (QED) is 0.590. The minimum atomic E-state index is -0.492. The highest BCUT2D eigenvalue weighted by Crippen LogP contribution is 2.23. The van der Waals surface area contributed by atoms with Gasteiger partial charge in [0.1, 0.15) is 5.75 Å². The highest BCUT2D eigenvalue weighted by molar-refractivity contribution is 5.44. The number of nitro benzene ring substituents is 1. The molecule has 0 unspecified atom stereocenters. The summed E-state index contributed by atoms with van der Waals surface area (Å²) in [6.45, 7) is 2.42. The van der Waals surface area contributed by atoms with E-state index in [1.165, 1.54) is 18.2 Å². The van der Waals surface area contributed by atoms with Gasteiger partial charge in [-0.15, -0.1) is 0 Å². The van der Waals surface area contributed by atoms with Gasteiger partial charge in [-0.3, -0.25) is 10.1 Å². The Morgan fingerprint density at radius 1 is 1.57 bits per heavy atom. The molecule has 0 aliphatic rings. The highest BCUT2D eigenvalue weighted by atomic mass is 16.6. The number of nitrogens with zero attached hydrogens (tertiary/aromatic N) is 1. The van der Waals surface area contributed by atoms with E-state index < -0.39 is 4.92 Å². The zero-order valence-corrected chi connectivity index (χ0v) is 7.77. The van der Waals surface area contributed by atoms with Crippen LogP contribution in [0.15, 0.2) is 18.2 Å². The standard InChI is InChI=1S/C9H11NO4/c1-2-14-6-7-5-8(11)3-4-9(7)10(12)13/h3-5,11H,2,6H2,1H3. The lowest BCUT2D eigenvalue weighted by atomic mass is 10.2. The molecule has 0 aromatic heterocycles. The fourth-order valence-corrected chi connectivity index (χ4v) is 1.08. The second kappa shape index (κ2) is 4.57. The van der Waals surface area contributed by atoms with Crippen molar-refractivity contribution in [2.75, 3.05) is 6.61 Å². The Labute approximate surface area is 81.1 Å². The van der Waals surface area contributed by atoms with Gasteiger partial charge in [0.15, 0.2) is 0 Å². The molecule has 1 rings (SSSR count). The van der Waals surface area contributed by atoms with Crippen molar-refractivity contribution in [1.82, 2.24) is 0 Å². The first-order valence-corrected chi connectivity index (χ1v) is 4.19. The molecule has 0 fully saturated rings. The van der Waals surface area contributed by atoms with E-state index in [9.17, 15) is 10.1 Å². The monoisotopic (exact) mass is 197 g/mol. The molecule has 0 radical (unpaired) electrons. The number of aromatic hydroxyl groups is 1. The van der Waals surface area contributed by atoms with Crippen LogP contribution in [-0.4, -0.2) is 16.6 Å². The summed E-state index contributed by atoms with van der Waals surface area (Å²) < 4.78 is 5.05. The zero-order valence-electron chi connectivity index (χ0n) is 7.77. The van der Waals surface area contributed by atoms with Crippen LogP contribution in [0.25, 0.3) is 0 Å². The maximum Gasteiger partial charge on any atom is 0.275 e. The van der Waals surface area contributed by atoms with E-state index in [1.54, 1.807) is 6.92 Å². The highest BCUT2D eigenvalue weighted by Gasteiger charge is 2.13. The molecule has 76 valence electrons. The van der Waals surface area contributed by atoms with Gasteiger partial charge in [0.25, 0.3) is 5.69 Å². The number of nitro groups is 1. The summed E-state index contributed by atoms with van der Waals surface area (Å²) in [4.78, 5) is 10.1. The number of hydrogen-bond acceptors (Lipinski definition) is 4. The van der Waals surface area contributed by atoms with Crippen molar-refractivity contribution in [3.8, 4) is 5.75 Å². The molecule has 0 heterocycles. The van der Waals surface area contributed by atoms with E-state index in [4.69, 9.17) is 9.84 Å². The van der Waals surface area contributed by atoms with Gasteiger partial charge in [-0.1, -0.05) is 0 Å². The largest absolute Gasteiger partial charge is 0.508 e. The lowest BCUT2D eigenvalue weighted by molar-refractivity contribution is -0.386. The Bertz CT molecular complexity index is 338. The first kappa shape index (κ1) is 10.5. The van der Waals surface area contributed by atoms with Crippen molar-refractivity contribution < 1.29 is 14.8 Å². The Balaban J connectivity index is 2.97. The third kappa shape index (κ3) is 2.43. The van der Waals surface area contributed by atoms with Crippen LogP contribution >= 0.6 is 0 Å². The van der Waals surface area contributed by atoms with Crippen LogP contribution < -0.4 is 0 Å². The summed E-state index contributed by atoms with van der Waals surface area (Å²) in [6, 6.07) is 3.89. The van der Waals surface area contributed by atoms with Crippen molar-refractivity contribution in [3.05, 3.63) is 33.9 Å². The van der Waals surface area contributed by atoms with Gasteiger partial charge < -0.3 is 9.84 Å². The third-order valence-electron chi connectivity index (χ3n) is 1.72. The normalized spacial score (nSPS) is 10.1. The van der Waals surface area contributed by atoms with Crippen LogP contribution in [-0.2, 0) is 11.3 Å². The van der Waals surface area contributed by atoms with E-state index in [-0.39, 0.29) is 18.0 Å². The molecule has 0 aliphatic heterocycles. The van der Waals surface area contributed by atoms with Gasteiger partial charge in [0, 0.05) is 12.7 Å². The van der Waals surface area contributed by atoms with Gasteiger partial charge in [-0.2, -0.15) is 0 Å². The van der Waals surface area contributed by atoms with Crippen LogP contribution in [0.4, 0.5) is 5.69 Å². The summed E-state index contributed by atoms with van der Waals surface area (Å²) in [7, 11) is 0. The number of phenols is 1. The van der Waals surface area contributed by atoms with Crippen molar-refractivity contribution in [3.63, 3.8) is 0 Å². The molecule has 1 aromatic rings. The molecule has 1 aromatic carbocycles. The van der Waals surface area contributed by atoms with Crippen LogP contribution in [0, 0.1) is 10.1 Å². The Morgan fingerprint density at radius 3 is 2.86 bits per heavy atom. The lowest BCUT2D eigenvalue weighted by Gasteiger charge is -2.03. The third-order valence-corrected chi connectivity index (χ3v) is 1.72. The second-order valence-corrected chi connectivity index (χ2v) is 2.71. The van der Waals surface area contributed by atoms with Crippen LogP contribution in [0.3, 0.4) is 0 Å². The van der Waals surface area contributed by atoms with Crippen molar-refractivity contribution >= 4 is 5.69 Å². The van der Waals surface area contributed by atoms with Gasteiger partial charge in [-0.05, 0) is 19.1 Å². The minimum Gasteiger partial charge on any atom is -0.508 e. The summed E-state index contributed by atoms with van der Waals surface area (Å²) in [5.74, 6) is 0.00491. The Morgan fingerprint density at radius 2 is 2.29 bits per heavy atom. The number of phenolic OH excluding ortho intramolecular Hbond substituents is 1. The molecule has 0 bridgehead atoms. The molecule has 0 aliphatic carbocycles. The van der Waals surface area contributed by atoms with Crippen molar-refractivity contribution in [2.24, 2.45) is 0 Å². The maximum absolute atomic E-state index is 10.6. The molecule has 0 atom stereocenters. The SMILES string of the molecule is CCOCc1cc(O)ccc1[N+](=O)[O-]. The van der Waals surface area contributed by atoms with E-state index in [1.807, 2.05) is 0 Å². The molecular formula is C9H11NO4. The fraction of sp³-hybridized carbons (Fsp3) is 0.333. The molecule has 14 heavy (non-hydrogen) atoms. The van der Waals surface area contributed by atoms with Gasteiger partial charge >= 0.3 is 0 Å². The van der Waals surface area contributed by atoms with Crippen molar-refractivity contribution in [2.45, 2.75) is 13.5 Å². The van der Waals surface area contributed by atoms with E-state index in [2.05, 4.69) is 0 Å². The number of ether oxygens (including phenoxy) is 1. The zero-order chi connectivity index (χ0) is 10.6. The predicted octanol–water partition coefficient (Wildman–Crippen LogP) is 1.84. The molecule has 5 nitrogen and oxygen atoms in total. The maximum atomic E-state index is 10.6. The van der Waals surface area contributed by atoms with Crippen LogP contribution in [0.1, 0.15) is 12.5 Å². The molecule has 0 spiro atoms.